The van der Waals surface area contributed by atoms with Gasteiger partial charge in [-0.15, -0.1) is 0 Å². The number of rotatable bonds is 4. The zero-order valence-electron chi connectivity index (χ0n) is 14.7. The number of nitrogens with one attached hydrogen (secondary N) is 3. The van der Waals surface area contributed by atoms with Gasteiger partial charge in [-0.05, 0) is 63.1 Å². The number of carbonyl (C=O) groups is 1. The molecule has 1 heterocycles. The van der Waals surface area contributed by atoms with Crippen LogP contribution >= 0.6 is 12.2 Å². The maximum absolute atomic E-state index is 12.3. The van der Waals surface area contributed by atoms with Crippen molar-refractivity contribution in [2.75, 3.05) is 18.8 Å². The zero-order chi connectivity index (χ0) is 18.0. The highest BCUT2D eigenvalue weighted by molar-refractivity contribution is 7.89. The number of carbonyl (C=O) groups excluding carboxylic acids is 1. The van der Waals surface area contributed by atoms with E-state index in [9.17, 15) is 13.2 Å². The van der Waals surface area contributed by atoms with Crippen molar-refractivity contribution in [3.05, 3.63) is 0 Å². The van der Waals surface area contributed by atoms with E-state index in [1.165, 1.54) is 23.6 Å². The normalized spacial score (nSPS) is 32.4. The summed E-state index contributed by atoms with van der Waals surface area (Å²) in [7, 11) is -3.24. The maximum Gasteiger partial charge on any atom is 0.242 e. The molecule has 1 aliphatic heterocycles. The molecule has 0 aromatic carbocycles. The number of hydrazine groups is 1. The molecule has 142 valence electrons. The molecule has 0 aromatic heterocycles. The molecule has 7 nitrogen and oxygen atoms in total. The van der Waals surface area contributed by atoms with Gasteiger partial charge in [0, 0.05) is 19.1 Å². The van der Waals surface area contributed by atoms with Gasteiger partial charge in [-0.2, -0.15) is 0 Å². The number of sulfonamides is 1. The highest BCUT2D eigenvalue weighted by Crippen LogP contribution is 2.44. The molecule has 1 amide bonds. The molecule has 0 unspecified atom stereocenters. The Morgan fingerprint density at radius 2 is 2.00 bits per heavy atom. The summed E-state index contributed by atoms with van der Waals surface area (Å²) in [6.45, 7) is 2.37. The van der Waals surface area contributed by atoms with Crippen molar-refractivity contribution in [1.82, 2.24) is 20.5 Å². The van der Waals surface area contributed by atoms with Gasteiger partial charge in [-0.25, -0.2) is 12.7 Å². The van der Waals surface area contributed by atoms with Crippen molar-refractivity contribution in [3.63, 3.8) is 0 Å². The summed E-state index contributed by atoms with van der Waals surface area (Å²) in [5.74, 6) is 1.05. The summed E-state index contributed by atoms with van der Waals surface area (Å²) in [5, 5.41) is 3.75. The molecule has 0 spiro atoms. The fourth-order valence-corrected chi connectivity index (χ4v) is 5.82. The van der Waals surface area contributed by atoms with E-state index in [1.807, 2.05) is 0 Å². The molecule has 0 radical (unpaired) electrons. The summed E-state index contributed by atoms with van der Waals surface area (Å²) in [6, 6.07) is 0.413. The first-order chi connectivity index (χ1) is 11.9. The van der Waals surface area contributed by atoms with E-state index in [1.54, 1.807) is 6.92 Å². The first-order valence-corrected chi connectivity index (χ1v) is 11.2. The van der Waals surface area contributed by atoms with Crippen LogP contribution in [-0.2, 0) is 14.8 Å². The van der Waals surface area contributed by atoms with E-state index in [4.69, 9.17) is 12.2 Å². The van der Waals surface area contributed by atoms with Crippen molar-refractivity contribution in [2.45, 2.75) is 51.5 Å². The molecule has 2 bridgehead atoms. The molecule has 3 fully saturated rings. The highest BCUT2D eigenvalue weighted by Gasteiger charge is 2.39. The predicted octanol–water partition coefficient (Wildman–Crippen LogP) is 0.732. The van der Waals surface area contributed by atoms with Crippen molar-refractivity contribution < 1.29 is 13.2 Å². The average Bonchev–Trinajstić information content (AvgIpc) is 3.22. The van der Waals surface area contributed by atoms with Gasteiger partial charge in [-0.1, -0.05) is 6.42 Å². The molecule has 2 aliphatic carbocycles. The smallest absolute Gasteiger partial charge is 0.242 e. The number of fused-ring (bicyclic) bond motifs is 2. The predicted molar refractivity (Wildman–Crippen MR) is 100 cm³/mol. The number of hydrogen-bond donors (Lipinski definition) is 3. The summed E-state index contributed by atoms with van der Waals surface area (Å²) in [6.07, 6.45) is 6.43. The first-order valence-electron chi connectivity index (χ1n) is 9.23. The van der Waals surface area contributed by atoms with Gasteiger partial charge >= 0.3 is 0 Å². The van der Waals surface area contributed by atoms with E-state index >= 15 is 0 Å². The molecular formula is C16H28N4O3S2. The molecule has 3 rings (SSSR count). The SMILES string of the molecule is CCS(=O)(=O)N1CCC[C@@H](C(=O)NNC(=S)N[C@H]2C[C@H]3CC[C@H]2C3)C1. The van der Waals surface area contributed by atoms with E-state index in [-0.39, 0.29) is 24.1 Å². The third kappa shape index (κ3) is 4.43. The highest BCUT2D eigenvalue weighted by atomic mass is 32.2. The van der Waals surface area contributed by atoms with E-state index < -0.39 is 10.0 Å². The van der Waals surface area contributed by atoms with Gasteiger partial charge in [-0.3, -0.25) is 15.6 Å². The Labute approximate surface area is 155 Å². The Hall–Kier alpha value is -0.930. The van der Waals surface area contributed by atoms with E-state index in [2.05, 4.69) is 16.2 Å². The minimum Gasteiger partial charge on any atom is -0.358 e. The van der Waals surface area contributed by atoms with Crippen molar-refractivity contribution in [2.24, 2.45) is 17.8 Å². The Balaban J connectivity index is 1.43. The van der Waals surface area contributed by atoms with Crippen LogP contribution in [0.15, 0.2) is 0 Å². The second-order valence-electron chi connectivity index (χ2n) is 7.47. The second kappa shape index (κ2) is 7.75. The lowest BCUT2D eigenvalue weighted by molar-refractivity contribution is -0.126. The third-order valence-corrected chi connectivity index (χ3v) is 7.93. The topological polar surface area (TPSA) is 90.5 Å². The average molecular weight is 389 g/mol. The number of amides is 1. The Kier molecular flexibility index (Phi) is 5.85. The zero-order valence-corrected chi connectivity index (χ0v) is 16.3. The summed E-state index contributed by atoms with van der Waals surface area (Å²) in [5.41, 5.74) is 5.43. The largest absolute Gasteiger partial charge is 0.358 e. The van der Waals surface area contributed by atoms with Crippen LogP contribution < -0.4 is 16.2 Å². The van der Waals surface area contributed by atoms with Crippen molar-refractivity contribution >= 4 is 33.3 Å². The molecule has 1 saturated heterocycles. The number of piperidine rings is 1. The Bertz CT molecular complexity index is 625. The van der Waals surface area contributed by atoms with Crippen LogP contribution in [-0.4, -0.2) is 48.6 Å². The first kappa shape index (κ1) is 18.8. The molecule has 2 saturated carbocycles. The summed E-state index contributed by atoms with van der Waals surface area (Å²) < 4.78 is 25.4. The third-order valence-electron chi connectivity index (χ3n) is 5.87. The van der Waals surface area contributed by atoms with E-state index in [0.717, 1.165) is 12.3 Å². The van der Waals surface area contributed by atoms with Crippen LogP contribution in [0.1, 0.15) is 45.4 Å². The molecule has 9 heteroatoms. The number of hydrogen-bond acceptors (Lipinski definition) is 4. The van der Waals surface area contributed by atoms with Crippen LogP contribution in [0.25, 0.3) is 0 Å². The molecule has 25 heavy (non-hydrogen) atoms. The van der Waals surface area contributed by atoms with E-state index in [0.29, 0.717) is 36.5 Å². The van der Waals surface area contributed by atoms with Crippen LogP contribution in [0.5, 0.6) is 0 Å². The quantitative estimate of drug-likeness (QED) is 0.486. The molecule has 0 aromatic rings. The Morgan fingerprint density at radius 1 is 1.20 bits per heavy atom. The van der Waals surface area contributed by atoms with Crippen molar-refractivity contribution in [3.8, 4) is 0 Å². The van der Waals surface area contributed by atoms with Gasteiger partial charge in [0.2, 0.25) is 15.9 Å². The molecule has 4 atom stereocenters. The number of thiocarbonyl (C=S) groups is 1. The van der Waals surface area contributed by atoms with Crippen LogP contribution in [0.4, 0.5) is 0 Å². The standard InChI is InChI=1S/C16H28N4O3S2/c1-2-25(22,23)20-7-3-4-13(10-20)15(21)18-19-16(24)17-14-9-11-5-6-12(14)8-11/h11-14H,2-10H2,1H3,(H,18,21)(H2,17,19,24)/t11-,12-,13+,14-/m0/s1. The fourth-order valence-electron chi connectivity index (χ4n) is 4.44. The summed E-state index contributed by atoms with van der Waals surface area (Å²) in [4.78, 5) is 12.3. The lowest BCUT2D eigenvalue weighted by Gasteiger charge is -2.31. The summed E-state index contributed by atoms with van der Waals surface area (Å²) >= 11 is 5.28. The maximum atomic E-state index is 12.3. The minimum absolute atomic E-state index is 0.0666. The second-order valence-corrected chi connectivity index (χ2v) is 10.1. The monoisotopic (exact) mass is 388 g/mol. The van der Waals surface area contributed by atoms with Crippen LogP contribution in [0.3, 0.4) is 0 Å². The molecule has 3 aliphatic rings. The molecular weight excluding hydrogens is 360 g/mol. The van der Waals surface area contributed by atoms with Crippen LogP contribution in [0, 0.1) is 17.8 Å². The van der Waals surface area contributed by atoms with Gasteiger partial charge in [0.15, 0.2) is 5.11 Å². The van der Waals surface area contributed by atoms with Gasteiger partial charge in [0.1, 0.15) is 0 Å². The fraction of sp³-hybridized carbons (Fsp3) is 0.875. The van der Waals surface area contributed by atoms with Gasteiger partial charge < -0.3 is 5.32 Å². The Morgan fingerprint density at radius 3 is 2.64 bits per heavy atom. The molecule has 3 N–H and O–H groups in total. The minimum atomic E-state index is -3.24. The number of nitrogens with zero attached hydrogens (tertiary/aromatic N) is 1. The van der Waals surface area contributed by atoms with Crippen molar-refractivity contribution in [1.29, 1.82) is 0 Å². The lowest BCUT2D eigenvalue weighted by Crippen LogP contribution is -2.54. The lowest BCUT2D eigenvalue weighted by atomic mass is 9.96. The van der Waals surface area contributed by atoms with Crippen LogP contribution in [0.2, 0.25) is 0 Å². The van der Waals surface area contributed by atoms with Gasteiger partial charge in [0.25, 0.3) is 0 Å². The van der Waals surface area contributed by atoms with Gasteiger partial charge in [0.05, 0.1) is 11.7 Å².